The minimum Gasteiger partial charge on any atom is -0.497 e. The zero-order chi connectivity index (χ0) is 21.7. The number of pyridine rings is 1. The van der Waals surface area contributed by atoms with Crippen LogP contribution in [0.25, 0.3) is 21.8 Å². The highest BCUT2D eigenvalue weighted by Gasteiger charge is 2.16. The van der Waals surface area contributed by atoms with Gasteiger partial charge in [0.2, 0.25) is 5.91 Å². The van der Waals surface area contributed by atoms with Crippen LogP contribution >= 0.6 is 11.6 Å². The molecule has 1 heterocycles. The maximum Gasteiger partial charge on any atom is 0.220 e. The number of aliphatic hydroxyl groups excluding tert-OH is 2. The number of methoxy groups -OCH3 is 1. The summed E-state index contributed by atoms with van der Waals surface area (Å²) in [7, 11) is 1.62. The van der Waals surface area contributed by atoms with E-state index in [1.54, 1.807) is 7.11 Å². The Morgan fingerprint density at radius 2 is 2.00 bits per heavy atom. The standard InChI is InChI=1S/C22H26ClN3O4/c1-13(28)20(12-27)26-21(29)4-3-9-24-22-16-7-5-14(23)10-19(16)25-18-8-6-15(30-2)11-17(18)22/h5-8,10-11,13,20,27-28H,3-4,9,12H2,1-2H3,(H,24,25)(H,26,29)/t13-,20+/m0/s1. The number of hydrogen-bond acceptors (Lipinski definition) is 6. The molecule has 0 aliphatic rings. The summed E-state index contributed by atoms with van der Waals surface area (Å²) >= 11 is 6.15. The second-order valence-electron chi connectivity index (χ2n) is 7.16. The molecule has 4 N–H and O–H groups in total. The van der Waals surface area contributed by atoms with Crippen molar-refractivity contribution in [2.45, 2.75) is 31.9 Å². The summed E-state index contributed by atoms with van der Waals surface area (Å²) in [6, 6.07) is 10.6. The van der Waals surface area contributed by atoms with Crippen LogP contribution in [0.5, 0.6) is 5.75 Å². The molecule has 30 heavy (non-hydrogen) atoms. The minimum absolute atomic E-state index is 0.213. The van der Waals surface area contributed by atoms with Crippen LogP contribution in [0, 0.1) is 0 Å². The third-order valence-electron chi connectivity index (χ3n) is 4.95. The second kappa shape index (κ2) is 9.93. The normalized spacial score (nSPS) is 13.2. The molecule has 0 bridgehead atoms. The zero-order valence-corrected chi connectivity index (χ0v) is 17.7. The first-order chi connectivity index (χ1) is 14.4. The Hall–Kier alpha value is -2.61. The highest BCUT2D eigenvalue weighted by molar-refractivity contribution is 6.31. The fourth-order valence-electron chi connectivity index (χ4n) is 3.27. The monoisotopic (exact) mass is 431 g/mol. The van der Waals surface area contributed by atoms with E-state index in [4.69, 9.17) is 21.3 Å². The number of fused-ring (bicyclic) bond motifs is 2. The fourth-order valence-corrected chi connectivity index (χ4v) is 3.44. The van der Waals surface area contributed by atoms with Crippen molar-refractivity contribution in [1.29, 1.82) is 0 Å². The van der Waals surface area contributed by atoms with Crippen LogP contribution in [0.2, 0.25) is 5.02 Å². The number of amides is 1. The van der Waals surface area contributed by atoms with Crippen LogP contribution in [0.4, 0.5) is 5.69 Å². The van der Waals surface area contributed by atoms with Gasteiger partial charge in [-0.15, -0.1) is 0 Å². The topological polar surface area (TPSA) is 104 Å². The fraction of sp³-hybridized carbons (Fsp3) is 0.364. The molecule has 0 saturated carbocycles. The lowest BCUT2D eigenvalue weighted by molar-refractivity contribution is -0.123. The van der Waals surface area contributed by atoms with Crippen LogP contribution in [0.3, 0.4) is 0 Å². The maximum atomic E-state index is 12.1. The molecular weight excluding hydrogens is 406 g/mol. The molecule has 0 aliphatic carbocycles. The second-order valence-corrected chi connectivity index (χ2v) is 7.60. The number of halogens is 1. The quantitative estimate of drug-likeness (QED) is 0.306. The summed E-state index contributed by atoms with van der Waals surface area (Å²) in [5, 5.41) is 27.3. The van der Waals surface area contributed by atoms with Gasteiger partial charge in [0.1, 0.15) is 5.75 Å². The van der Waals surface area contributed by atoms with Gasteiger partial charge in [-0.1, -0.05) is 11.6 Å². The number of hydrogen-bond donors (Lipinski definition) is 4. The molecule has 2 atom stereocenters. The highest BCUT2D eigenvalue weighted by Crippen LogP contribution is 2.34. The molecule has 0 spiro atoms. The Balaban J connectivity index is 1.77. The van der Waals surface area contributed by atoms with E-state index in [-0.39, 0.29) is 18.9 Å². The largest absolute Gasteiger partial charge is 0.497 e. The van der Waals surface area contributed by atoms with E-state index < -0.39 is 12.1 Å². The number of anilines is 1. The molecule has 7 nitrogen and oxygen atoms in total. The van der Waals surface area contributed by atoms with E-state index in [0.717, 1.165) is 33.2 Å². The molecule has 8 heteroatoms. The van der Waals surface area contributed by atoms with Gasteiger partial charge in [0.15, 0.2) is 0 Å². The third-order valence-corrected chi connectivity index (χ3v) is 5.19. The van der Waals surface area contributed by atoms with Gasteiger partial charge >= 0.3 is 0 Å². The lowest BCUT2D eigenvalue weighted by Crippen LogP contribution is -2.44. The molecule has 0 fully saturated rings. The van der Waals surface area contributed by atoms with Crippen molar-refractivity contribution < 1.29 is 19.7 Å². The molecule has 0 unspecified atom stereocenters. The zero-order valence-electron chi connectivity index (χ0n) is 17.0. The number of nitrogens with zero attached hydrogens (tertiary/aromatic N) is 1. The number of nitrogens with one attached hydrogen (secondary N) is 2. The minimum atomic E-state index is -0.812. The highest BCUT2D eigenvalue weighted by atomic mass is 35.5. The van der Waals surface area contributed by atoms with E-state index in [2.05, 4.69) is 10.6 Å². The molecule has 1 aromatic heterocycles. The predicted molar refractivity (Wildman–Crippen MR) is 119 cm³/mol. The first-order valence-corrected chi connectivity index (χ1v) is 10.2. The third kappa shape index (κ3) is 5.11. The number of ether oxygens (including phenoxy) is 1. The van der Waals surface area contributed by atoms with Crippen molar-refractivity contribution in [2.24, 2.45) is 0 Å². The van der Waals surface area contributed by atoms with Gasteiger partial charge in [0.05, 0.1) is 42.6 Å². The summed E-state index contributed by atoms with van der Waals surface area (Å²) in [4.78, 5) is 16.8. The molecule has 1 amide bonds. The average Bonchev–Trinajstić information content (AvgIpc) is 2.73. The number of carbonyl (C=O) groups is 1. The Morgan fingerprint density at radius 3 is 2.70 bits per heavy atom. The van der Waals surface area contributed by atoms with Gasteiger partial charge in [-0.05, 0) is 49.7 Å². The molecular formula is C22H26ClN3O4. The Labute approximate surface area is 180 Å². The molecule has 160 valence electrons. The predicted octanol–water partition coefficient (Wildman–Crippen LogP) is 3.10. The molecule has 3 aromatic rings. The van der Waals surface area contributed by atoms with Crippen molar-refractivity contribution in [1.82, 2.24) is 10.3 Å². The summed E-state index contributed by atoms with van der Waals surface area (Å²) in [6.45, 7) is 1.78. The van der Waals surface area contributed by atoms with Gasteiger partial charge in [-0.2, -0.15) is 0 Å². The number of rotatable bonds is 9. The van der Waals surface area contributed by atoms with Gasteiger partial charge in [-0.3, -0.25) is 4.79 Å². The molecule has 0 aliphatic heterocycles. The molecule has 0 radical (unpaired) electrons. The summed E-state index contributed by atoms with van der Waals surface area (Å²) in [6.07, 6.45) is 0.0346. The van der Waals surface area contributed by atoms with Crippen molar-refractivity contribution in [3.8, 4) is 5.75 Å². The lowest BCUT2D eigenvalue weighted by atomic mass is 10.1. The van der Waals surface area contributed by atoms with E-state index in [1.165, 1.54) is 6.92 Å². The van der Waals surface area contributed by atoms with Crippen LogP contribution in [0.1, 0.15) is 19.8 Å². The first kappa shape index (κ1) is 22.1. The van der Waals surface area contributed by atoms with Crippen molar-refractivity contribution in [3.63, 3.8) is 0 Å². The average molecular weight is 432 g/mol. The van der Waals surface area contributed by atoms with E-state index in [9.17, 15) is 15.0 Å². The van der Waals surface area contributed by atoms with E-state index in [1.807, 2.05) is 36.4 Å². The SMILES string of the molecule is COc1ccc2nc3cc(Cl)ccc3c(NCCCC(=O)N[C@H](CO)[C@H](C)O)c2c1. The maximum absolute atomic E-state index is 12.1. The van der Waals surface area contributed by atoms with Gasteiger partial charge in [0.25, 0.3) is 0 Å². The number of benzene rings is 2. The smallest absolute Gasteiger partial charge is 0.220 e. The van der Waals surface area contributed by atoms with Crippen LogP contribution in [0.15, 0.2) is 36.4 Å². The molecule has 2 aromatic carbocycles. The Morgan fingerprint density at radius 1 is 1.20 bits per heavy atom. The Kier molecular flexibility index (Phi) is 7.31. The van der Waals surface area contributed by atoms with Crippen LogP contribution in [-0.2, 0) is 4.79 Å². The van der Waals surface area contributed by atoms with Crippen molar-refractivity contribution in [3.05, 3.63) is 41.4 Å². The summed E-state index contributed by atoms with van der Waals surface area (Å²) < 4.78 is 5.36. The van der Waals surface area contributed by atoms with Crippen molar-refractivity contribution in [2.75, 3.05) is 25.6 Å². The van der Waals surface area contributed by atoms with Crippen molar-refractivity contribution >= 4 is 45.0 Å². The summed E-state index contributed by atoms with van der Waals surface area (Å²) in [5.41, 5.74) is 2.50. The van der Waals surface area contributed by atoms with Crippen LogP contribution < -0.4 is 15.4 Å². The first-order valence-electron chi connectivity index (χ1n) is 9.82. The molecule has 3 rings (SSSR count). The number of aromatic nitrogens is 1. The summed E-state index contributed by atoms with van der Waals surface area (Å²) in [5.74, 6) is 0.517. The van der Waals surface area contributed by atoms with E-state index >= 15 is 0 Å². The lowest BCUT2D eigenvalue weighted by Gasteiger charge is -2.19. The molecule has 0 saturated heterocycles. The van der Waals surface area contributed by atoms with Crippen LogP contribution in [-0.4, -0.2) is 53.5 Å². The van der Waals surface area contributed by atoms with Gasteiger partial charge < -0.3 is 25.6 Å². The Bertz CT molecular complexity index is 1040. The number of carbonyl (C=O) groups excluding carboxylic acids is 1. The van der Waals surface area contributed by atoms with Gasteiger partial charge in [0, 0.05) is 28.8 Å². The number of aliphatic hydroxyl groups is 2. The van der Waals surface area contributed by atoms with E-state index in [0.29, 0.717) is 18.0 Å². The van der Waals surface area contributed by atoms with Gasteiger partial charge in [-0.25, -0.2) is 4.98 Å².